The summed E-state index contributed by atoms with van der Waals surface area (Å²) < 4.78 is 5.35. The molecule has 4 heteroatoms. The van der Waals surface area contributed by atoms with E-state index in [1.165, 1.54) is 5.56 Å². The van der Waals surface area contributed by atoms with Gasteiger partial charge in [-0.25, -0.2) is 0 Å². The smallest absolute Gasteiger partial charge is 0.255 e. The largest absolute Gasteiger partial charge is 0.494 e. The summed E-state index contributed by atoms with van der Waals surface area (Å²) in [6.07, 6.45) is 0. The molecule has 2 rings (SSSR count). The van der Waals surface area contributed by atoms with E-state index in [1.807, 2.05) is 31.2 Å². The van der Waals surface area contributed by atoms with Crippen molar-refractivity contribution in [3.8, 4) is 5.75 Å². The van der Waals surface area contributed by atoms with Crippen LogP contribution >= 0.6 is 15.9 Å². The first-order valence-electron chi connectivity index (χ1n) is 6.42. The molecule has 0 aliphatic rings. The lowest BCUT2D eigenvalue weighted by Gasteiger charge is -2.07. The maximum atomic E-state index is 12.1. The van der Waals surface area contributed by atoms with E-state index in [1.54, 1.807) is 24.3 Å². The Hall–Kier alpha value is -1.81. The van der Waals surface area contributed by atoms with Crippen LogP contribution in [0.3, 0.4) is 0 Å². The van der Waals surface area contributed by atoms with Gasteiger partial charge < -0.3 is 10.1 Å². The van der Waals surface area contributed by atoms with Gasteiger partial charge in [-0.3, -0.25) is 4.79 Å². The summed E-state index contributed by atoms with van der Waals surface area (Å²) in [6.45, 7) is 2.54. The van der Waals surface area contributed by atoms with E-state index >= 15 is 0 Å². The minimum Gasteiger partial charge on any atom is -0.494 e. The maximum absolute atomic E-state index is 12.1. The van der Waals surface area contributed by atoms with Crippen molar-refractivity contribution < 1.29 is 9.53 Å². The molecule has 0 unspecified atom stereocenters. The maximum Gasteiger partial charge on any atom is 0.255 e. The standard InChI is InChI=1S/C16H16BrNO2/c1-2-20-15-9-5-13(6-10-15)16(19)18-14-7-3-12(11-17)4-8-14/h3-10H,2,11H2,1H3,(H,18,19). The van der Waals surface area contributed by atoms with Crippen molar-refractivity contribution in [2.24, 2.45) is 0 Å². The molecule has 0 aliphatic heterocycles. The third kappa shape index (κ3) is 3.84. The molecule has 1 N–H and O–H groups in total. The highest BCUT2D eigenvalue weighted by Gasteiger charge is 2.06. The predicted octanol–water partition coefficient (Wildman–Crippen LogP) is 4.23. The first kappa shape index (κ1) is 14.6. The Kier molecular flexibility index (Phi) is 5.18. The number of rotatable bonds is 5. The van der Waals surface area contributed by atoms with E-state index in [0.29, 0.717) is 12.2 Å². The summed E-state index contributed by atoms with van der Waals surface area (Å²) >= 11 is 3.39. The van der Waals surface area contributed by atoms with E-state index in [4.69, 9.17) is 4.74 Å². The molecule has 0 bridgehead atoms. The molecule has 3 nitrogen and oxygen atoms in total. The lowest BCUT2D eigenvalue weighted by molar-refractivity contribution is 0.102. The molecular formula is C16H16BrNO2. The van der Waals surface area contributed by atoms with Gasteiger partial charge in [-0.1, -0.05) is 28.1 Å². The van der Waals surface area contributed by atoms with Gasteiger partial charge in [0.15, 0.2) is 0 Å². The number of halogens is 1. The number of carbonyl (C=O) groups is 1. The van der Waals surface area contributed by atoms with Gasteiger partial charge >= 0.3 is 0 Å². The van der Waals surface area contributed by atoms with Crippen LogP contribution in [0.2, 0.25) is 0 Å². The number of anilines is 1. The fourth-order valence-corrected chi connectivity index (χ4v) is 2.12. The van der Waals surface area contributed by atoms with E-state index in [9.17, 15) is 4.79 Å². The lowest BCUT2D eigenvalue weighted by Crippen LogP contribution is -2.11. The summed E-state index contributed by atoms with van der Waals surface area (Å²) in [5.41, 5.74) is 2.57. The predicted molar refractivity (Wildman–Crippen MR) is 84.6 cm³/mol. The minimum absolute atomic E-state index is 0.125. The van der Waals surface area contributed by atoms with Crippen LogP contribution in [0.4, 0.5) is 5.69 Å². The van der Waals surface area contributed by atoms with Crippen LogP contribution in [0.15, 0.2) is 48.5 Å². The van der Waals surface area contributed by atoms with Crippen molar-refractivity contribution in [3.05, 3.63) is 59.7 Å². The number of hydrogen-bond donors (Lipinski definition) is 1. The zero-order valence-corrected chi connectivity index (χ0v) is 12.8. The summed E-state index contributed by atoms with van der Waals surface area (Å²) in [6, 6.07) is 14.8. The number of alkyl halides is 1. The van der Waals surface area contributed by atoms with Gasteiger partial charge in [0.2, 0.25) is 0 Å². The van der Waals surface area contributed by atoms with Crippen LogP contribution in [0.5, 0.6) is 5.75 Å². The average Bonchev–Trinajstić information content (AvgIpc) is 2.49. The van der Waals surface area contributed by atoms with Crippen LogP contribution in [0.1, 0.15) is 22.8 Å². The second-order valence-electron chi connectivity index (χ2n) is 4.24. The van der Waals surface area contributed by atoms with Crippen LogP contribution in [0.25, 0.3) is 0 Å². The molecule has 1 amide bonds. The Morgan fingerprint density at radius 1 is 1.10 bits per heavy atom. The molecule has 0 saturated carbocycles. The minimum atomic E-state index is -0.125. The third-order valence-corrected chi connectivity index (χ3v) is 3.44. The summed E-state index contributed by atoms with van der Waals surface area (Å²) in [5, 5.41) is 3.67. The van der Waals surface area contributed by atoms with Crippen LogP contribution in [0, 0.1) is 0 Å². The van der Waals surface area contributed by atoms with Crippen molar-refractivity contribution in [2.45, 2.75) is 12.3 Å². The first-order chi connectivity index (χ1) is 9.72. The number of amides is 1. The Morgan fingerprint density at radius 3 is 2.30 bits per heavy atom. The van der Waals surface area contributed by atoms with E-state index < -0.39 is 0 Å². The SMILES string of the molecule is CCOc1ccc(C(=O)Nc2ccc(CBr)cc2)cc1. The molecule has 2 aromatic carbocycles. The highest BCUT2D eigenvalue weighted by molar-refractivity contribution is 9.08. The molecule has 0 heterocycles. The molecule has 0 saturated heterocycles. The van der Waals surface area contributed by atoms with E-state index in [-0.39, 0.29) is 5.91 Å². The number of benzene rings is 2. The van der Waals surface area contributed by atoms with Gasteiger partial charge in [0, 0.05) is 16.6 Å². The van der Waals surface area contributed by atoms with Crippen molar-refractivity contribution in [3.63, 3.8) is 0 Å². The Labute approximate surface area is 127 Å². The van der Waals surface area contributed by atoms with Crippen LogP contribution in [-0.4, -0.2) is 12.5 Å². The molecule has 0 fully saturated rings. The molecule has 0 aliphatic carbocycles. The zero-order valence-electron chi connectivity index (χ0n) is 11.2. The topological polar surface area (TPSA) is 38.3 Å². The Morgan fingerprint density at radius 2 is 1.75 bits per heavy atom. The molecule has 0 radical (unpaired) electrons. The van der Waals surface area contributed by atoms with Gasteiger partial charge in [0.05, 0.1) is 6.61 Å². The quantitative estimate of drug-likeness (QED) is 0.831. The van der Waals surface area contributed by atoms with E-state index in [2.05, 4.69) is 21.2 Å². The molecular weight excluding hydrogens is 318 g/mol. The summed E-state index contributed by atoms with van der Waals surface area (Å²) in [7, 11) is 0. The lowest BCUT2D eigenvalue weighted by atomic mass is 10.2. The fraction of sp³-hybridized carbons (Fsp3) is 0.188. The molecule has 20 heavy (non-hydrogen) atoms. The summed E-state index contributed by atoms with van der Waals surface area (Å²) in [4.78, 5) is 12.1. The first-order valence-corrected chi connectivity index (χ1v) is 7.54. The zero-order chi connectivity index (χ0) is 14.4. The van der Waals surface area contributed by atoms with Gasteiger partial charge in [-0.15, -0.1) is 0 Å². The van der Waals surface area contributed by atoms with E-state index in [0.717, 1.165) is 16.8 Å². The van der Waals surface area contributed by atoms with Crippen molar-refractivity contribution in [1.29, 1.82) is 0 Å². The molecule has 0 spiro atoms. The van der Waals surface area contributed by atoms with Crippen molar-refractivity contribution in [2.75, 3.05) is 11.9 Å². The average molecular weight is 334 g/mol. The van der Waals surface area contributed by atoms with Gasteiger partial charge in [-0.2, -0.15) is 0 Å². The Bertz CT molecular complexity index is 564. The molecule has 2 aromatic rings. The third-order valence-electron chi connectivity index (χ3n) is 2.79. The van der Waals surface area contributed by atoms with Gasteiger partial charge in [0.25, 0.3) is 5.91 Å². The molecule has 104 valence electrons. The highest BCUT2D eigenvalue weighted by atomic mass is 79.9. The number of carbonyl (C=O) groups excluding carboxylic acids is 1. The molecule has 0 aromatic heterocycles. The molecule has 0 atom stereocenters. The van der Waals surface area contributed by atoms with Gasteiger partial charge in [0.1, 0.15) is 5.75 Å². The fourth-order valence-electron chi connectivity index (χ4n) is 1.75. The van der Waals surface area contributed by atoms with Crippen molar-refractivity contribution >= 4 is 27.5 Å². The number of nitrogens with one attached hydrogen (secondary N) is 1. The number of ether oxygens (including phenoxy) is 1. The van der Waals surface area contributed by atoms with Crippen molar-refractivity contribution in [1.82, 2.24) is 0 Å². The monoisotopic (exact) mass is 333 g/mol. The second-order valence-corrected chi connectivity index (χ2v) is 4.80. The summed E-state index contributed by atoms with van der Waals surface area (Å²) in [5.74, 6) is 0.644. The normalized spacial score (nSPS) is 10.1. The highest BCUT2D eigenvalue weighted by Crippen LogP contribution is 2.15. The Balaban J connectivity index is 2.03. The van der Waals surface area contributed by atoms with Crippen LogP contribution < -0.4 is 10.1 Å². The number of hydrogen-bond acceptors (Lipinski definition) is 2. The second kappa shape index (κ2) is 7.10. The van der Waals surface area contributed by atoms with Crippen LogP contribution in [-0.2, 0) is 5.33 Å². The van der Waals surface area contributed by atoms with Gasteiger partial charge in [-0.05, 0) is 48.9 Å².